The number of carbonyl (C=O) groups is 2. The monoisotopic (exact) mass is 391 g/mol. The van der Waals surface area contributed by atoms with Crippen molar-refractivity contribution in [1.29, 1.82) is 0 Å². The Labute approximate surface area is 168 Å². The number of anilines is 4. The topological polar surface area (TPSA) is 105 Å². The molecule has 3 N–H and O–H groups in total. The summed E-state index contributed by atoms with van der Waals surface area (Å²) in [6.45, 7) is 3.95. The van der Waals surface area contributed by atoms with Gasteiger partial charge in [-0.1, -0.05) is 0 Å². The molecule has 0 aliphatic heterocycles. The van der Waals surface area contributed by atoms with Crippen LogP contribution < -0.4 is 20.7 Å². The van der Waals surface area contributed by atoms with Gasteiger partial charge in [-0.05, 0) is 67.6 Å². The fraction of sp³-hybridized carbons (Fsp3) is 0.143. The lowest BCUT2D eigenvalue weighted by Crippen LogP contribution is -2.14. The van der Waals surface area contributed by atoms with Crippen molar-refractivity contribution in [2.45, 2.75) is 13.8 Å². The van der Waals surface area contributed by atoms with Crippen LogP contribution in [0, 0.1) is 0 Å². The summed E-state index contributed by atoms with van der Waals surface area (Å²) in [5, 5.41) is 16.6. The van der Waals surface area contributed by atoms with Gasteiger partial charge in [0.2, 0.25) is 5.91 Å². The van der Waals surface area contributed by atoms with Gasteiger partial charge in [-0.25, -0.2) is 0 Å². The summed E-state index contributed by atoms with van der Waals surface area (Å²) in [5.74, 6) is 0.754. The molecule has 148 valence electrons. The maximum Gasteiger partial charge on any atom is 0.276 e. The second-order valence-electron chi connectivity index (χ2n) is 6.10. The van der Waals surface area contributed by atoms with Crippen LogP contribution in [0.3, 0.4) is 0 Å². The van der Waals surface area contributed by atoms with E-state index in [0.717, 1.165) is 11.4 Å². The molecule has 8 nitrogen and oxygen atoms in total. The first kappa shape index (κ1) is 19.8. The number of benzene rings is 2. The molecule has 0 aliphatic rings. The van der Waals surface area contributed by atoms with Crippen LogP contribution in [0.25, 0.3) is 0 Å². The maximum atomic E-state index is 12.3. The third-order valence-corrected chi connectivity index (χ3v) is 3.80. The highest BCUT2D eigenvalue weighted by Gasteiger charge is 2.09. The van der Waals surface area contributed by atoms with Gasteiger partial charge in [0.1, 0.15) is 5.75 Å². The zero-order valence-corrected chi connectivity index (χ0v) is 16.1. The first-order chi connectivity index (χ1) is 14.0. The first-order valence-corrected chi connectivity index (χ1v) is 9.06. The normalized spacial score (nSPS) is 10.1. The van der Waals surface area contributed by atoms with Crippen molar-refractivity contribution in [1.82, 2.24) is 10.2 Å². The summed E-state index contributed by atoms with van der Waals surface area (Å²) in [4.78, 5) is 23.4. The predicted octanol–water partition coefficient (Wildman–Crippen LogP) is 3.83. The lowest BCUT2D eigenvalue weighted by Gasteiger charge is -2.08. The molecular weight excluding hydrogens is 370 g/mol. The van der Waals surface area contributed by atoms with Gasteiger partial charge in [-0.2, -0.15) is 0 Å². The minimum Gasteiger partial charge on any atom is -0.494 e. The van der Waals surface area contributed by atoms with E-state index in [1.165, 1.54) is 6.92 Å². The zero-order chi connectivity index (χ0) is 20.6. The number of hydrogen-bond donors (Lipinski definition) is 3. The van der Waals surface area contributed by atoms with E-state index in [-0.39, 0.29) is 17.5 Å². The van der Waals surface area contributed by atoms with Crippen LogP contribution in [-0.4, -0.2) is 28.6 Å². The maximum absolute atomic E-state index is 12.3. The Hall–Kier alpha value is -3.94. The van der Waals surface area contributed by atoms with Gasteiger partial charge in [0, 0.05) is 24.0 Å². The Morgan fingerprint density at radius 3 is 2.03 bits per heavy atom. The highest BCUT2D eigenvalue weighted by atomic mass is 16.5. The fourth-order valence-corrected chi connectivity index (χ4v) is 2.50. The van der Waals surface area contributed by atoms with E-state index in [0.29, 0.717) is 23.8 Å². The van der Waals surface area contributed by atoms with Crippen LogP contribution in [0.5, 0.6) is 5.75 Å². The van der Waals surface area contributed by atoms with Crippen molar-refractivity contribution in [3.05, 3.63) is 66.4 Å². The largest absolute Gasteiger partial charge is 0.494 e. The summed E-state index contributed by atoms with van der Waals surface area (Å²) in [5.41, 5.74) is 2.32. The molecule has 0 fully saturated rings. The smallest absolute Gasteiger partial charge is 0.276 e. The lowest BCUT2D eigenvalue weighted by atomic mass is 10.2. The molecule has 0 atom stereocenters. The molecule has 0 saturated heterocycles. The predicted molar refractivity (Wildman–Crippen MR) is 112 cm³/mol. The standard InChI is InChI=1S/C21H21N5O3/c1-3-29-18-10-8-17(9-11-18)24-21(28)19-12-13-20(26-25-19)23-16-6-4-15(5-7-16)22-14(2)27/h4-13H,3H2,1-2H3,(H,22,27)(H,23,26)(H,24,28). The van der Waals surface area contributed by atoms with Crippen LogP contribution in [-0.2, 0) is 4.79 Å². The molecule has 0 spiro atoms. The fourth-order valence-electron chi connectivity index (χ4n) is 2.50. The van der Waals surface area contributed by atoms with Gasteiger partial charge in [-0.15, -0.1) is 10.2 Å². The molecule has 8 heteroatoms. The molecule has 2 aromatic carbocycles. The van der Waals surface area contributed by atoms with Gasteiger partial charge in [0.15, 0.2) is 11.5 Å². The van der Waals surface area contributed by atoms with Crippen molar-refractivity contribution >= 4 is 34.7 Å². The number of rotatable bonds is 7. The number of hydrogen-bond acceptors (Lipinski definition) is 6. The third kappa shape index (κ3) is 5.77. The number of amides is 2. The second-order valence-corrected chi connectivity index (χ2v) is 6.10. The number of nitrogens with zero attached hydrogens (tertiary/aromatic N) is 2. The molecular formula is C21H21N5O3. The SMILES string of the molecule is CCOc1ccc(NC(=O)c2ccc(Nc3ccc(NC(C)=O)cc3)nn2)cc1. The summed E-state index contributed by atoms with van der Waals surface area (Å²) in [7, 11) is 0. The Morgan fingerprint density at radius 2 is 1.45 bits per heavy atom. The minimum absolute atomic E-state index is 0.129. The van der Waals surface area contributed by atoms with Crippen LogP contribution in [0.2, 0.25) is 0 Å². The summed E-state index contributed by atoms with van der Waals surface area (Å²) in [6.07, 6.45) is 0. The van der Waals surface area contributed by atoms with Crippen molar-refractivity contribution in [2.75, 3.05) is 22.6 Å². The molecule has 29 heavy (non-hydrogen) atoms. The van der Waals surface area contributed by atoms with Crippen molar-refractivity contribution in [2.24, 2.45) is 0 Å². The molecule has 0 unspecified atom stereocenters. The Morgan fingerprint density at radius 1 is 0.828 bits per heavy atom. The molecule has 0 radical (unpaired) electrons. The molecule has 1 aromatic heterocycles. The van der Waals surface area contributed by atoms with Crippen LogP contribution in [0.1, 0.15) is 24.3 Å². The molecule has 3 rings (SSSR count). The van der Waals surface area contributed by atoms with Crippen LogP contribution in [0.15, 0.2) is 60.7 Å². The van der Waals surface area contributed by atoms with Gasteiger partial charge in [0.05, 0.1) is 6.61 Å². The van der Waals surface area contributed by atoms with Crippen LogP contribution in [0.4, 0.5) is 22.9 Å². The van der Waals surface area contributed by atoms with E-state index in [1.54, 1.807) is 60.7 Å². The summed E-state index contributed by atoms with van der Waals surface area (Å²) in [6, 6.07) is 17.5. The van der Waals surface area contributed by atoms with E-state index in [1.807, 2.05) is 6.92 Å². The van der Waals surface area contributed by atoms with Crippen molar-refractivity contribution in [3.63, 3.8) is 0 Å². The second kappa shape index (κ2) is 9.32. The van der Waals surface area contributed by atoms with Gasteiger partial charge < -0.3 is 20.7 Å². The average molecular weight is 391 g/mol. The molecule has 3 aromatic rings. The number of nitrogens with one attached hydrogen (secondary N) is 3. The lowest BCUT2D eigenvalue weighted by molar-refractivity contribution is -0.114. The highest BCUT2D eigenvalue weighted by molar-refractivity contribution is 6.02. The highest BCUT2D eigenvalue weighted by Crippen LogP contribution is 2.18. The molecule has 0 aliphatic carbocycles. The number of carbonyl (C=O) groups excluding carboxylic acids is 2. The Balaban J connectivity index is 1.59. The summed E-state index contributed by atoms with van der Waals surface area (Å²) < 4.78 is 5.38. The third-order valence-electron chi connectivity index (χ3n) is 3.80. The van der Waals surface area contributed by atoms with Gasteiger partial charge in [0.25, 0.3) is 5.91 Å². The number of ether oxygens (including phenoxy) is 1. The van der Waals surface area contributed by atoms with E-state index in [9.17, 15) is 9.59 Å². The van der Waals surface area contributed by atoms with E-state index in [2.05, 4.69) is 26.1 Å². The Kier molecular flexibility index (Phi) is 6.36. The Bertz CT molecular complexity index is 971. The van der Waals surface area contributed by atoms with E-state index >= 15 is 0 Å². The first-order valence-electron chi connectivity index (χ1n) is 9.06. The molecule has 0 saturated carbocycles. The van der Waals surface area contributed by atoms with E-state index < -0.39 is 0 Å². The quantitative estimate of drug-likeness (QED) is 0.565. The zero-order valence-electron chi connectivity index (χ0n) is 16.1. The van der Waals surface area contributed by atoms with Crippen LogP contribution >= 0.6 is 0 Å². The van der Waals surface area contributed by atoms with E-state index in [4.69, 9.17) is 4.74 Å². The summed E-state index contributed by atoms with van der Waals surface area (Å²) >= 11 is 0. The van der Waals surface area contributed by atoms with Crippen molar-refractivity contribution < 1.29 is 14.3 Å². The minimum atomic E-state index is -0.354. The molecule has 1 heterocycles. The van der Waals surface area contributed by atoms with Gasteiger partial charge in [-0.3, -0.25) is 9.59 Å². The van der Waals surface area contributed by atoms with Crippen molar-refractivity contribution in [3.8, 4) is 5.75 Å². The van der Waals surface area contributed by atoms with Gasteiger partial charge >= 0.3 is 0 Å². The molecule has 2 amide bonds. The molecule has 0 bridgehead atoms. The number of aromatic nitrogens is 2. The average Bonchev–Trinajstić information content (AvgIpc) is 2.71.